The summed E-state index contributed by atoms with van der Waals surface area (Å²) in [7, 11) is 0. The molecule has 0 bridgehead atoms. The van der Waals surface area contributed by atoms with Gasteiger partial charge in [-0.2, -0.15) is 0 Å². The van der Waals surface area contributed by atoms with Gasteiger partial charge in [0.1, 0.15) is 0 Å². The van der Waals surface area contributed by atoms with Crippen LogP contribution in [0.5, 0.6) is 0 Å². The molecule has 0 fully saturated rings. The third-order valence-corrected chi connectivity index (χ3v) is 3.86. The summed E-state index contributed by atoms with van der Waals surface area (Å²) < 4.78 is 0. The summed E-state index contributed by atoms with van der Waals surface area (Å²) in [5.41, 5.74) is 2.55. The second kappa shape index (κ2) is 9.21. The highest BCUT2D eigenvalue weighted by molar-refractivity contribution is 6.30. The van der Waals surface area contributed by atoms with Gasteiger partial charge >= 0.3 is 0 Å². The van der Waals surface area contributed by atoms with Crippen LogP contribution in [-0.4, -0.2) is 24.8 Å². The molecular formula is C19H21ClN2O2. The lowest BCUT2D eigenvalue weighted by atomic mass is 10.1. The summed E-state index contributed by atoms with van der Waals surface area (Å²) in [5, 5.41) is 6.80. The van der Waals surface area contributed by atoms with Crippen LogP contribution in [0.2, 0.25) is 5.02 Å². The summed E-state index contributed by atoms with van der Waals surface area (Å²) >= 11 is 5.84. The van der Waals surface area contributed by atoms with Gasteiger partial charge in [0.25, 0.3) is 0 Å². The predicted molar refractivity (Wildman–Crippen MR) is 97.7 cm³/mol. The third kappa shape index (κ3) is 6.14. The predicted octanol–water partition coefficient (Wildman–Crippen LogP) is 3.70. The van der Waals surface area contributed by atoms with Crippen molar-refractivity contribution in [3.05, 3.63) is 64.7 Å². The summed E-state index contributed by atoms with van der Waals surface area (Å²) in [6.07, 6.45) is 1.29. The topological polar surface area (TPSA) is 58.2 Å². The van der Waals surface area contributed by atoms with E-state index < -0.39 is 0 Å². The largest absolute Gasteiger partial charge is 0.326 e. The maximum absolute atomic E-state index is 11.9. The Balaban J connectivity index is 1.64. The Bertz CT molecular complexity index is 682. The minimum atomic E-state index is -0.0513. The molecule has 0 heterocycles. The molecule has 2 aromatic carbocycles. The summed E-state index contributed by atoms with van der Waals surface area (Å²) in [6, 6.07) is 14.7. The van der Waals surface area contributed by atoms with Crippen molar-refractivity contribution in [1.82, 2.24) is 5.32 Å². The minimum absolute atomic E-state index is 0.0118. The van der Waals surface area contributed by atoms with Crippen molar-refractivity contribution in [3.63, 3.8) is 0 Å². The molecule has 24 heavy (non-hydrogen) atoms. The summed E-state index contributed by atoms with van der Waals surface area (Å²) in [4.78, 5) is 23.1. The van der Waals surface area contributed by atoms with E-state index in [1.54, 1.807) is 24.3 Å². The molecule has 0 saturated heterocycles. The fourth-order valence-corrected chi connectivity index (χ4v) is 2.35. The van der Waals surface area contributed by atoms with E-state index in [9.17, 15) is 9.59 Å². The van der Waals surface area contributed by atoms with Crippen LogP contribution in [0.15, 0.2) is 48.5 Å². The average Bonchev–Trinajstić information content (AvgIpc) is 2.56. The second-order valence-corrected chi connectivity index (χ2v) is 5.99. The first-order valence-corrected chi connectivity index (χ1v) is 8.28. The SMILES string of the molecule is CC(=O)c1ccc(NC(=O)CCNCCc2ccc(Cl)cc2)cc1. The van der Waals surface area contributed by atoms with Crippen LogP contribution in [0, 0.1) is 0 Å². The number of benzene rings is 2. The van der Waals surface area contributed by atoms with Crippen molar-refractivity contribution in [3.8, 4) is 0 Å². The second-order valence-electron chi connectivity index (χ2n) is 5.56. The van der Waals surface area contributed by atoms with Gasteiger partial charge in [-0.15, -0.1) is 0 Å². The van der Waals surface area contributed by atoms with E-state index in [2.05, 4.69) is 10.6 Å². The Morgan fingerprint density at radius 3 is 2.25 bits per heavy atom. The van der Waals surface area contributed by atoms with E-state index in [-0.39, 0.29) is 11.7 Å². The Kier molecular flexibility index (Phi) is 6.97. The molecule has 0 aliphatic rings. The first kappa shape index (κ1) is 18.2. The molecule has 126 valence electrons. The summed E-state index contributed by atoms with van der Waals surface area (Å²) in [5.74, 6) is -0.0395. The van der Waals surface area contributed by atoms with Crippen molar-refractivity contribution in [2.45, 2.75) is 19.8 Å². The number of halogens is 1. The molecular weight excluding hydrogens is 324 g/mol. The van der Waals surface area contributed by atoms with Gasteiger partial charge in [-0.05, 0) is 61.9 Å². The van der Waals surface area contributed by atoms with Crippen LogP contribution >= 0.6 is 11.6 Å². The van der Waals surface area contributed by atoms with Crippen LogP contribution in [0.25, 0.3) is 0 Å². The van der Waals surface area contributed by atoms with Crippen molar-refractivity contribution in [2.75, 3.05) is 18.4 Å². The van der Waals surface area contributed by atoms with Gasteiger partial charge in [0.05, 0.1) is 0 Å². The van der Waals surface area contributed by atoms with Crippen molar-refractivity contribution in [2.24, 2.45) is 0 Å². The van der Waals surface area contributed by atoms with Crippen LogP contribution in [0.1, 0.15) is 29.3 Å². The van der Waals surface area contributed by atoms with Gasteiger partial charge in [-0.1, -0.05) is 23.7 Å². The number of carbonyl (C=O) groups is 2. The summed E-state index contributed by atoms with van der Waals surface area (Å²) in [6.45, 7) is 2.94. The number of amides is 1. The van der Waals surface area contributed by atoms with Crippen LogP contribution in [0.3, 0.4) is 0 Å². The minimum Gasteiger partial charge on any atom is -0.326 e. The smallest absolute Gasteiger partial charge is 0.225 e. The first-order chi connectivity index (χ1) is 11.5. The molecule has 0 unspecified atom stereocenters. The Morgan fingerprint density at radius 1 is 0.958 bits per heavy atom. The zero-order valence-electron chi connectivity index (χ0n) is 13.6. The number of rotatable bonds is 8. The third-order valence-electron chi connectivity index (χ3n) is 3.61. The number of hydrogen-bond donors (Lipinski definition) is 2. The molecule has 0 aliphatic heterocycles. The lowest BCUT2D eigenvalue weighted by molar-refractivity contribution is -0.116. The standard InChI is InChI=1S/C19H21ClN2O2/c1-14(23)16-4-8-18(9-5-16)22-19(24)11-13-21-12-10-15-2-6-17(20)7-3-15/h2-9,21H,10-13H2,1H3,(H,22,24). The molecule has 2 aromatic rings. The zero-order valence-corrected chi connectivity index (χ0v) is 14.4. The number of Topliss-reactive ketones (excluding diaryl/α,β-unsaturated/α-hetero) is 1. The normalized spacial score (nSPS) is 10.4. The fourth-order valence-electron chi connectivity index (χ4n) is 2.22. The maximum atomic E-state index is 11.9. The van der Waals surface area contributed by atoms with E-state index in [4.69, 9.17) is 11.6 Å². The molecule has 0 atom stereocenters. The number of hydrogen-bond acceptors (Lipinski definition) is 3. The van der Waals surface area contributed by atoms with E-state index in [1.165, 1.54) is 12.5 Å². The number of ketones is 1. The van der Waals surface area contributed by atoms with E-state index in [0.717, 1.165) is 18.0 Å². The zero-order chi connectivity index (χ0) is 17.4. The van der Waals surface area contributed by atoms with Gasteiger partial charge in [-0.3, -0.25) is 9.59 Å². The van der Waals surface area contributed by atoms with Crippen LogP contribution < -0.4 is 10.6 Å². The highest BCUT2D eigenvalue weighted by atomic mass is 35.5. The first-order valence-electron chi connectivity index (χ1n) is 7.90. The quantitative estimate of drug-likeness (QED) is 0.567. The molecule has 0 aliphatic carbocycles. The molecule has 5 heteroatoms. The Morgan fingerprint density at radius 2 is 1.62 bits per heavy atom. The molecule has 2 N–H and O–H groups in total. The van der Waals surface area contributed by atoms with Gasteiger partial charge in [0.2, 0.25) is 5.91 Å². The highest BCUT2D eigenvalue weighted by Crippen LogP contribution is 2.11. The fraction of sp³-hybridized carbons (Fsp3) is 0.263. The maximum Gasteiger partial charge on any atom is 0.225 e. The van der Waals surface area contributed by atoms with Crippen molar-refractivity contribution < 1.29 is 9.59 Å². The molecule has 0 spiro atoms. The molecule has 0 radical (unpaired) electrons. The van der Waals surface area contributed by atoms with Crippen LogP contribution in [-0.2, 0) is 11.2 Å². The number of carbonyl (C=O) groups excluding carboxylic acids is 2. The van der Waals surface area contributed by atoms with Gasteiger partial charge in [-0.25, -0.2) is 0 Å². The van der Waals surface area contributed by atoms with Crippen molar-refractivity contribution in [1.29, 1.82) is 0 Å². The number of anilines is 1. The van der Waals surface area contributed by atoms with Gasteiger partial charge in [0.15, 0.2) is 5.78 Å². The lowest BCUT2D eigenvalue weighted by Gasteiger charge is -2.07. The molecule has 0 aromatic heterocycles. The number of nitrogens with one attached hydrogen (secondary N) is 2. The van der Waals surface area contributed by atoms with Gasteiger partial charge < -0.3 is 10.6 Å². The van der Waals surface area contributed by atoms with Crippen molar-refractivity contribution >= 4 is 29.0 Å². The Hall–Kier alpha value is -2.17. The van der Waals surface area contributed by atoms with E-state index >= 15 is 0 Å². The van der Waals surface area contributed by atoms with Gasteiger partial charge in [0, 0.05) is 29.2 Å². The molecule has 1 amide bonds. The Labute approximate surface area is 147 Å². The van der Waals surface area contributed by atoms with Crippen LogP contribution in [0.4, 0.5) is 5.69 Å². The lowest BCUT2D eigenvalue weighted by Crippen LogP contribution is -2.23. The van der Waals surface area contributed by atoms with E-state index in [0.29, 0.717) is 24.2 Å². The molecule has 4 nitrogen and oxygen atoms in total. The average molecular weight is 345 g/mol. The molecule has 2 rings (SSSR count). The molecule has 0 saturated carbocycles. The highest BCUT2D eigenvalue weighted by Gasteiger charge is 2.03. The monoisotopic (exact) mass is 344 g/mol. The van der Waals surface area contributed by atoms with E-state index in [1.807, 2.05) is 24.3 Å².